The van der Waals surface area contributed by atoms with E-state index in [1.807, 2.05) is 0 Å². The number of rotatable bonds is 5. The van der Waals surface area contributed by atoms with Crippen LogP contribution in [-0.4, -0.2) is 104 Å². The first-order valence-electron chi connectivity index (χ1n) is 9.59. The van der Waals surface area contributed by atoms with Gasteiger partial charge in [-0.05, 0) is 5.41 Å². The average Bonchev–Trinajstić information content (AvgIpc) is 2.62. The Morgan fingerprint density at radius 2 is 1.63 bits per heavy atom. The molecule has 174 valence electrons. The van der Waals surface area contributed by atoms with E-state index in [-0.39, 0.29) is 0 Å². The Bertz CT molecular complexity index is 624. The Hall–Kier alpha value is -1.38. The summed E-state index contributed by atoms with van der Waals surface area (Å²) >= 11 is 0. The summed E-state index contributed by atoms with van der Waals surface area (Å²) < 4.78 is 16.1. The quantitative estimate of drug-likeness (QED) is 0.234. The van der Waals surface area contributed by atoms with E-state index in [9.17, 15) is 40.2 Å². The van der Waals surface area contributed by atoms with Crippen molar-refractivity contribution in [3.05, 3.63) is 0 Å². The molecule has 0 aliphatic carbocycles. The van der Waals surface area contributed by atoms with Gasteiger partial charge in [0.2, 0.25) is 5.91 Å². The second kappa shape index (κ2) is 9.40. The Kier molecular flexibility index (Phi) is 7.80. The summed E-state index contributed by atoms with van der Waals surface area (Å²) in [6.07, 6.45) is -12.5. The minimum atomic E-state index is -1.71. The fraction of sp³-hybridized carbons (Fsp3) is 0.889. The van der Waals surface area contributed by atoms with Crippen molar-refractivity contribution in [3.8, 4) is 0 Å². The number of aliphatic hydroxyl groups excluding tert-OH is 5. The molecule has 7 N–H and O–H groups in total. The number of hydrogen-bond donors (Lipinski definition) is 7. The van der Waals surface area contributed by atoms with Gasteiger partial charge >= 0.3 is 5.97 Å². The number of carboxylic acids is 1. The normalized spacial score (nSPS) is 42.6. The summed E-state index contributed by atoms with van der Waals surface area (Å²) in [5, 5.41) is 63.1. The van der Waals surface area contributed by atoms with E-state index in [0.717, 1.165) is 6.92 Å². The van der Waals surface area contributed by atoms with Crippen LogP contribution in [0.1, 0.15) is 27.7 Å². The maximum absolute atomic E-state index is 11.8. The molecular formula is C18H31NO11. The number of carboxylic acid groups (broad SMARTS) is 1. The zero-order chi connectivity index (χ0) is 23.0. The summed E-state index contributed by atoms with van der Waals surface area (Å²) in [5.74, 6) is -2.95. The van der Waals surface area contributed by atoms with Gasteiger partial charge in [-0.2, -0.15) is 0 Å². The van der Waals surface area contributed by atoms with Gasteiger partial charge < -0.3 is 50.2 Å². The molecule has 0 aromatic carbocycles. The molecule has 0 aromatic heterocycles. The van der Waals surface area contributed by atoms with Crippen molar-refractivity contribution in [2.24, 2.45) is 11.3 Å². The fourth-order valence-electron chi connectivity index (χ4n) is 3.94. The highest BCUT2D eigenvalue weighted by atomic mass is 16.7. The Morgan fingerprint density at radius 1 is 1.03 bits per heavy atom. The van der Waals surface area contributed by atoms with Crippen LogP contribution in [0.5, 0.6) is 0 Å². The molecule has 2 aliphatic heterocycles. The lowest BCUT2D eigenvalue weighted by Gasteiger charge is -2.49. The van der Waals surface area contributed by atoms with Gasteiger partial charge in [0, 0.05) is 12.8 Å². The van der Waals surface area contributed by atoms with Crippen molar-refractivity contribution < 1.29 is 54.4 Å². The van der Waals surface area contributed by atoms with Crippen molar-refractivity contribution in [2.75, 3.05) is 6.61 Å². The first-order valence-corrected chi connectivity index (χ1v) is 9.59. The maximum Gasteiger partial charge on any atom is 0.333 e. The number of carbonyl (C=O) groups excluding carboxylic acids is 1. The monoisotopic (exact) mass is 437 g/mol. The number of ether oxygens (including phenoxy) is 3. The van der Waals surface area contributed by atoms with E-state index in [1.165, 1.54) is 0 Å². The third kappa shape index (κ3) is 5.08. The smallest absolute Gasteiger partial charge is 0.333 e. The van der Waals surface area contributed by atoms with Gasteiger partial charge in [0.05, 0.1) is 12.7 Å². The molecule has 30 heavy (non-hydrogen) atoms. The van der Waals surface area contributed by atoms with Gasteiger partial charge in [0.1, 0.15) is 30.5 Å². The second-order valence-electron chi connectivity index (χ2n) is 8.70. The zero-order valence-electron chi connectivity index (χ0n) is 17.2. The predicted octanol–water partition coefficient (Wildman–Crippen LogP) is -2.86. The van der Waals surface area contributed by atoms with Crippen molar-refractivity contribution in [2.45, 2.75) is 82.9 Å². The van der Waals surface area contributed by atoms with Crippen LogP contribution in [0.15, 0.2) is 0 Å². The average molecular weight is 437 g/mol. The number of nitrogens with one attached hydrogen (secondary N) is 1. The first-order chi connectivity index (χ1) is 13.8. The second-order valence-corrected chi connectivity index (χ2v) is 8.70. The molecule has 12 heteroatoms. The van der Waals surface area contributed by atoms with Gasteiger partial charge in [-0.15, -0.1) is 0 Å². The highest BCUT2D eigenvalue weighted by Crippen LogP contribution is 2.40. The Labute approximate surface area is 173 Å². The van der Waals surface area contributed by atoms with E-state index in [4.69, 9.17) is 14.2 Å². The number of carbonyl (C=O) groups is 2. The van der Waals surface area contributed by atoms with Gasteiger partial charge in [-0.25, -0.2) is 4.79 Å². The van der Waals surface area contributed by atoms with Crippen LogP contribution < -0.4 is 5.32 Å². The summed E-state index contributed by atoms with van der Waals surface area (Å²) in [6, 6.07) is -1.32. The molecule has 10 unspecified atom stereocenters. The lowest BCUT2D eigenvalue weighted by molar-refractivity contribution is -0.337. The lowest BCUT2D eigenvalue weighted by Crippen LogP contribution is -2.67. The summed E-state index contributed by atoms with van der Waals surface area (Å²) in [5.41, 5.74) is -0.747. The minimum Gasteiger partial charge on any atom is -0.479 e. The van der Waals surface area contributed by atoms with Gasteiger partial charge in [-0.3, -0.25) is 4.79 Å². The molecule has 2 heterocycles. The third-order valence-electron chi connectivity index (χ3n) is 5.38. The number of amides is 1. The molecular weight excluding hydrogens is 406 g/mol. The summed E-state index contributed by atoms with van der Waals surface area (Å²) in [6.45, 7) is 5.52. The number of aliphatic carboxylic acids is 1. The largest absolute Gasteiger partial charge is 0.479 e. The first kappa shape index (κ1) is 24.9. The third-order valence-corrected chi connectivity index (χ3v) is 5.38. The van der Waals surface area contributed by atoms with E-state index in [0.29, 0.717) is 0 Å². The van der Waals surface area contributed by atoms with Crippen molar-refractivity contribution >= 4 is 11.9 Å². The van der Waals surface area contributed by atoms with Crippen LogP contribution in [-0.2, 0) is 23.8 Å². The lowest BCUT2D eigenvalue weighted by atomic mass is 9.71. The number of aliphatic hydroxyl groups is 5. The van der Waals surface area contributed by atoms with Crippen LogP contribution >= 0.6 is 0 Å². The number of hydrogen-bond acceptors (Lipinski definition) is 10. The molecule has 0 aromatic rings. The molecule has 2 aliphatic rings. The zero-order valence-corrected chi connectivity index (χ0v) is 17.2. The van der Waals surface area contributed by atoms with E-state index in [1.54, 1.807) is 20.8 Å². The van der Waals surface area contributed by atoms with Crippen molar-refractivity contribution in [1.82, 2.24) is 5.32 Å². The van der Waals surface area contributed by atoms with E-state index >= 15 is 0 Å². The van der Waals surface area contributed by atoms with Gasteiger partial charge in [0.15, 0.2) is 18.7 Å². The molecule has 12 nitrogen and oxygen atoms in total. The Balaban J connectivity index is 2.32. The van der Waals surface area contributed by atoms with Crippen LogP contribution in [0.3, 0.4) is 0 Å². The highest BCUT2D eigenvalue weighted by Gasteiger charge is 2.55. The summed E-state index contributed by atoms with van der Waals surface area (Å²) in [4.78, 5) is 23.3. The fourth-order valence-corrected chi connectivity index (χ4v) is 3.94. The standard InChI is InChI=1S/C18H31NO11/c1-6(21)19-9-14(10(22)7(5-20)28-16(9)27)30-17-12(24)11(23)8(18(2,3)4)13(29-17)15(25)26/h7-14,16-17,20,22-24,27H,5H2,1-4H3,(H,19,21)(H,25,26). The molecule has 2 saturated heterocycles. The van der Waals surface area contributed by atoms with Crippen LogP contribution in [0.25, 0.3) is 0 Å². The summed E-state index contributed by atoms with van der Waals surface area (Å²) in [7, 11) is 0. The van der Waals surface area contributed by atoms with Crippen molar-refractivity contribution in [1.29, 1.82) is 0 Å². The van der Waals surface area contributed by atoms with Crippen LogP contribution in [0.2, 0.25) is 0 Å². The molecule has 10 atom stereocenters. The topological polar surface area (TPSA) is 195 Å². The molecule has 2 rings (SSSR count). The molecule has 0 saturated carbocycles. The molecule has 2 fully saturated rings. The van der Waals surface area contributed by atoms with Gasteiger partial charge in [0.25, 0.3) is 0 Å². The minimum absolute atomic E-state index is 0.591. The van der Waals surface area contributed by atoms with Crippen LogP contribution in [0.4, 0.5) is 0 Å². The highest BCUT2D eigenvalue weighted by molar-refractivity contribution is 5.73. The van der Waals surface area contributed by atoms with E-state index < -0.39 is 85.1 Å². The molecule has 0 radical (unpaired) electrons. The van der Waals surface area contributed by atoms with Crippen LogP contribution in [0, 0.1) is 11.3 Å². The molecule has 1 amide bonds. The molecule has 0 bridgehead atoms. The molecule has 0 spiro atoms. The van der Waals surface area contributed by atoms with E-state index in [2.05, 4.69) is 5.32 Å². The predicted molar refractivity (Wildman–Crippen MR) is 97.7 cm³/mol. The SMILES string of the molecule is CC(=O)NC1C(O)OC(CO)C(O)C1OC1OC(C(=O)O)C(C(C)(C)C)C(O)C1O. The van der Waals surface area contributed by atoms with Gasteiger partial charge in [-0.1, -0.05) is 20.8 Å². The van der Waals surface area contributed by atoms with Crippen molar-refractivity contribution in [3.63, 3.8) is 0 Å². The Morgan fingerprint density at radius 3 is 2.10 bits per heavy atom. The maximum atomic E-state index is 11.8.